The lowest BCUT2D eigenvalue weighted by Gasteiger charge is -2.20. The van der Waals surface area contributed by atoms with Crippen molar-refractivity contribution in [1.29, 1.82) is 0 Å². The summed E-state index contributed by atoms with van der Waals surface area (Å²) in [6.07, 6.45) is -0.402. The van der Waals surface area contributed by atoms with Gasteiger partial charge in [0, 0.05) is 12.3 Å². The maximum Gasteiger partial charge on any atom is 0.264 e. The summed E-state index contributed by atoms with van der Waals surface area (Å²) < 4.78 is 5.59. The molecule has 1 aliphatic rings. The third-order valence-electron chi connectivity index (χ3n) is 2.47. The van der Waals surface area contributed by atoms with Crippen LogP contribution in [0.1, 0.15) is 6.92 Å². The second kappa shape index (κ2) is 5.25. The van der Waals surface area contributed by atoms with Crippen LogP contribution in [-0.4, -0.2) is 35.1 Å². The van der Waals surface area contributed by atoms with E-state index in [0.29, 0.717) is 0 Å². The highest BCUT2D eigenvalue weighted by molar-refractivity contribution is 7.99. The minimum atomic E-state index is -0.402. The van der Waals surface area contributed by atoms with E-state index >= 15 is 0 Å². The largest absolute Gasteiger partial charge is 0.481 e. The molecular weight excluding hydrogens is 222 g/mol. The zero-order valence-corrected chi connectivity index (χ0v) is 10.1. The zero-order chi connectivity index (χ0) is 11.4. The first kappa shape index (κ1) is 11.3. The van der Waals surface area contributed by atoms with Crippen LogP contribution < -0.4 is 4.74 Å². The van der Waals surface area contributed by atoms with Crippen LogP contribution in [-0.2, 0) is 4.79 Å². The highest BCUT2D eigenvalue weighted by Crippen LogP contribution is 2.17. The third-order valence-corrected chi connectivity index (χ3v) is 3.43. The van der Waals surface area contributed by atoms with Gasteiger partial charge in [-0.2, -0.15) is 0 Å². The van der Waals surface area contributed by atoms with E-state index in [9.17, 15) is 4.79 Å². The Morgan fingerprint density at radius 2 is 2.19 bits per heavy atom. The Kier molecular flexibility index (Phi) is 3.72. The molecule has 0 bridgehead atoms. The maximum absolute atomic E-state index is 11.9. The number of benzene rings is 1. The second-order valence-electron chi connectivity index (χ2n) is 3.71. The van der Waals surface area contributed by atoms with Crippen LogP contribution in [0.3, 0.4) is 0 Å². The lowest BCUT2D eigenvalue weighted by Crippen LogP contribution is -2.38. The van der Waals surface area contributed by atoms with Crippen LogP contribution in [0.5, 0.6) is 5.75 Å². The highest BCUT2D eigenvalue weighted by atomic mass is 32.2. The summed E-state index contributed by atoms with van der Waals surface area (Å²) in [5.74, 6) is 2.65. The molecule has 86 valence electrons. The van der Waals surface area contributed by atoms with Gasteiger partial charge in [0.25, 0.3) is 5.91 Å². The standard InChI is InChI=1S/C12H15NO2S/c1-10(12(14)13-7-8-16-9-13)15-11-5-3-2-4-6-11/h2-6,10H,7-9H2,1H3. The molecule has 0 radical (unpaired) electrons. The van der Waals surface area contributed by atoms with Gasteiger partial charge in [-0.1, -0.05) is 18.2 Å². The molecule has 0 spiro atoms. The molecule has 1 aromatic rings. The van der Waals surface area contributed by atoms with E-state index in [4.69, 9.17) is 4.74 Å². The second-order valence-corrected chi connectivity index (χ2v) is 4.79. The van der Waals surface area contributed by atoms with Crippen LogP contribution in [0, 0.1) is 0 Å². The summed E-state index contributed by atoms with van der Waals surface area (Å²) in [6.45, 7) is 2.64. The molecule has 1 amide bonds. The summed E-state index contributed by atoms with van der Waals surface area (Å²) in [7, 11) is 0. The van der Waals surface area contributed by atoms with Crippen LogP contribution in [0.15, 0.2) is 30.3 Å². The molecule has 1 saturated heterocycles. The van der Waals surface area contributed by atoms with Gasteiger partial charge in [0.15, 0.2) is 6.10 Å². The molecule has 3 nitrogen and oxygen atoms in total. The Hall–Kier alpha value is -1.16. The normalized spacial score (nSPS) is 17.2. The molecule has 2 rings (SSSR count). The summed E-state index contributed by atoms with van der Waals surface area (Å²) in [5.41, 5.74) is 0. The van der Waals surface area contributed by atoms with Crippen LogP contribution in [0.2, 0.25) is 0 Å². The molecule has 1 heterocycles. The number of hydrogen-bond donors (Lipinski definition) is 0. The number of rotatable bonds is 3. The van der Waals surface area contributed by atoms with Crippen molar-refractivity contribution in [2.75, 3.05) is 18.2 Å². The fourth-order valence-corrected chi connectivity index (χ4v) is 2.55. The van der Waals surface area contributed by atoms with Crippen molar-refractivity contribution in [2.45, 2.75) is 13.0 Å². The quantitative estimate of drug-likeness (QED) is 0.805. The van der Waals surface area contributed by atoms with Crippen LogP contribution >= 0.6 is 11.8 Å². The van der Waals surface area contributed by atoms with Gasteiger partial charge in [0.1, 0.15) is 5.75 Å². The first-order valence-electron chi connectivity index (χ1n) is 5.35. The lowest BCUT2D eigenvalue weighted by molar-refractivity contribution is -0.136. The monoisotopic (exact) mass is 237 g/mol. The number of carbonyl (C=O) groups is 1. The van der Waals surface area contributed by atoms with Crippen molar-refractivity contribution in [1.82, 2.24) is 4.90 Å². The molecule has 1 fully saturated rings. The number of amides is 1. The van der Waals surface area contributed by atoms with Crippen LogP contribution in [0.25, 0.3) is 0 Å². The Morgan fingerprint density at radius 3 is 2.81 bits per heavy atom. The summed E-state index contributed by atoms with van der Waals surface area (Å²) in [4.78, 5) is 13.8. The first-order valence-corrected chi connectivity index (χ1v) is 6.51. The minimum absolute atomic E-state index is 0.0776. The Morgan fingerprint density at radius 1 is 1.44 bits per heavy atom. The third kappa shape index (κ3) is 2.70. The van der Waals surface area contributed by atoms with Gasteiger partial charge < -0.3 is 9.64 Å². The average Bonchev–Trinajstić information content (AvgIpc) is 2.83. The molecule has 0 saturated carbocycles. The van der Waals surface area contributed by atoms with Gasteiger partial charge in [-0.25, -0.2) is 0 Å². The van der Waals surface area contributed by atoms with Crippen molar-refractivity contribution in [3.63, 3.8) is 0 Å². The predicted molar refractivity (Wildman–Crippen MR) is 65.6 cm³/mol. The van der Waals surface area contributed by atoms with E-state index in [2.05, 4.69) is 0 Å². The van der Waals surface area contributed by atoms with E-state index in [1.165, 1.54) is 0 Å². The number of para-hydroxylation sites is 1. The molecule has 1 aliphatic heterocycles. The minimum Gasteiger partial charge on any atom is -0.481 e. The van der Waals surface area contributed by atoms with E-state index in [0.717, 1.165) is 23.9 Å². The van der Waals surface area contributed by atoms with Crippen molar-refractivity contribution >= 4 is 17.7 Å². The Balaban J connectivity index is 1.92. The van der Waals surface area contributed by atoms with Gasteiger partial charge >= 0.3 is 0 Å². The average molecular weight is 237 g/mol. The van der Waals surface area contributed by atoms with Crippen molar-refractivity contribution in [3.8, 4) is 5.75 Å². The van der Waals surface area contributed by atoms with Gasteiger partial charge in [-0.15, -0.1) is 11.8 Å². The molecule has 0 aromatic heterocycles. The molecular formula is C12H15NO2S. The predicted octanol–water partition coefficient (Wildman–Crippen LogP) is 1.99. The Labute approximate surface area is 99.8 Å². The van der Waals surface area contributed by atoms with Gasteiger partial charge in [0.05, 0.1) is 5.88 Å². The van der Waals surface area contributed by atoms with Crippen molar-refractivity contribution < 1.29 is 9.53 Å². The fourth-order valence-electron chi connectivity index (χ4n) is 1.60. The van der Waals surface area contributed by atoms with Gasteiger partial charge in [0.2, 0.25) is 0 Å². The zero-order valence-electron chi connectivity index (χ0n) is 9.26. The summed E-state index contributed by atoms with van der Waals surface area (Å²) >= 11 is 1.78. The summed E-state index contributed by atoms with van der Waals surface area (Å²) in [5, 5.41) is 0. The topological polar surface area (TPSA) is 29.5 Å². The fraction of sp³-hybridized carbons (Fsp3) is 0.417. The number of thioether (sulfide) groups is 1. The molecule has 4 heteroatoms. The van der Waals surface area contributed by atoms with Gasteiger partial charge in [-0.05, 0) is 19.1 Å². The van der Waals surface area contributed by atoms with E-state index in [-0.39, 0.29) is 5.91 Å². The van der Waals surface area contributed by atoms with E-state index in [1.807, 2.05) is 35.2 Å². The summed E-state index contributed by atoms with van der Waals surface area (Å²) in [6, 6.07) is 9.46. The van der Waals surface area contributed by atoms with Crippen molar-refractivity contribution in [3.05, 3.63) is 30.3 Å². The maximum atomic E-state index is 11.9. The molecule has 0 aliphatic carbocycles. The van der Waals surface area contributed by atoms with E-state index < -0.39 is 6.10 Å². The SMILES string of the molecule is CC(Oc1ccccc1)C(=O)N1CCSC1. The number of hydrogen-bond acceptors (Lipinski definition) is 3. The van der Waals surface area contributed by atoms with Gasteiger partial charge in [-0.3, -0.25) is 4.79 Å². The molecule has 1 atom stereocenters. The molecule has 0 N–H and O–H groups in total. The lowest BCUT2D eigenvalue weighted by atomic mass is 10.3. The van der Waals surface area contributed by atoms with Crippen LogP contribution in [0.4, 0.5) is 0 Å². The number of carbonyl (C=O) groups excluding carboxylic acids is 1. The Bertz CT molecular complexity index is 349. The molecule has 1 aromatic carbocycles. The number of nitrogens with zero attached hydrogens (tertiary/aromatic N) is 1. The highest BCUT2D eigenvalue weighted by Gasteiger charge is 2.24. The smallest absolute Gasteiger partial charge is 0.264 e. The molecule has 16 heavy (non-hydrogen) atoms. The van der Waals surface area contributed by atoms with E-state index in [1.54, 1.807) is 18.7 Å². The van der Waals surface area contributed by atoms with Crippen molar-refractivity contribution in [2.24, 2.45) is 0 Å². The number of ether oxygens (including phenoxy) is 1. The molecule has 1 unspecified atom stereocenters. The first-order chi connectivity index (χ1) is 7.77.